The average Bonchev–Trinajstić information content (AvgIpc) is 2.34. The summed E-state index contributed by atoms with van der Waals surface area (Å²) in [7, 11) is 0. The number of aliphatic carboxylic acids is 1. The Hall–Kier alpha value is -0.790. The first-order valence-corrected chi connectivity index (χ1v) is 7.62. The van der Waals surface area contributed by atoms with E-state index in [0.29, 0.717) is 0 Å². The van der Waals surface area contributed by atoms with E-state index < -0.39 is 5.97 Å². The predicted molar refractivity (Wildman–Crippen MR) is 75.2 cm³/mol. The topological polar surface area (TPSA) is 40.1 Å². The summed E-state index contributed by atoms with van der Waals surface area (Å²) in [5.41, 5.74) is 0. The Kier molecular flexibility index (Phi) is 13.6. The van der Waals surface area contributed by atoms with Crippen LogP contribution in [0.25, 0.3) is 0 Å². The summed E-state index contributed by atoms with van der Waals surface area (Å²) in [4.78, 5) is 10.1. The summed E-state index contributed by atoms with van der Waals surface area (Å²) >= 11 is 0. The molecule has 2 nitrogen and oxygen atoms in total. The van der Waals surface area contributed by atoms with E-state index >= 15 is 0 Å². The van der Waals surface area contributed by atoms with E-state index in [0.717, 1.165) is 6.42 Å². The largest absolute Gasteiger partial charge is 0.550 e. The number of rotatable bonds is 13. The predicted octanol–water partition coefficient (Wildman–Crippen LogP) is 3.99. The molecule has 0 aliphatic heterocycles. The van der Waals surface area contributed by atoms with Crippen molar-refractivity contribution in [1.82, 2.24) is 0 Å². The zero-order valence-corrected chi connectivity index (χ0v) is 12.0. The maximum absolute atomic E-state index is 10.1. The van der Waals surface area contributed by atoms with Crippen LogP contribution in [0.2, 0.25) is 0 Å². The highest BCUT2D eigenvalue weighted by atomic mass is 16.4. The van der Waals surface area contributed by atoms with Crippen LogP contribution >= 0.6 is 0 Å². The van der Waals surface area contributed by atoms with E-state index in [9.17, 15) is 9.90 Å². The molecule has 0 heterocycles. The molecule has 0 saturated heterocycles. The number of allylic oxidation sites excluding steroid dienone is 1. The van der Waals surface area contributed by atoms with Gasteiger partial charge in [-0.05, 0) is 12.8 Å². The standard InChI is InChI=1S/C16H30O2/c1-2-3-4-5-6-7-8-9-10-11-12-13-14-15-16(17)18/h13-14H,2-12,15H2,1H3,(H,17,18)/p-1/b14-13+. The zero-order valence-electron chi connectivity index (χ0n) is 12.0. The third-order valence-electron chi connectivity index (χ3n) is 3.18. The minimum absolute atomic E-state index is 0.0533. The molecule has 0 spiro atoms. The first-order chi connectivity index (χ1) is 8.77. The zero-order chi connectivity index (χ0) is 13.5. The fourth-order valence-corrected chi connectivity index (χ4v) is 2.05. The molecule has 0 aromatic rings. The molecule has 0 atom stereocenters. The number of unbranched alkanes of at least 4 members (excludes halogenated alkanes) is 10. The van der Waals surface area contributed by atoms with Gasteiger partial charge in [0.25, 0.3) is 0 Å². The number of carboxylic acids is 1. The molecule has 0 radical (unpaired) electrons. The molecule has 0 saturated carbocycles. The van der Waals surface area contributed by atoms with E-state index in [-0.39, 0.29) is 6.42 Å². The van der Waals surface area contributed by atoms with Crippen LogP contribution in [0.15, 0.2) is 12.2 Å². The number of carbonyl (C=O) groups excluding carboxylic acids is 1. The fourth-order valence-electron chi connectivity index (χ4n) is 2.05. The number of carboxylic acid groups (broad SMARTS) is 1. The van der Waals surface area contributed by atoms with Crippen LogP contribution in [0.1, 0.15) is 84.0 Å². The van der Waals surface area contributed by atoms with Gasteiger partial charge in [-0.2, -0.15) is 0 Å². The molecule has 0 N–H and O–H groups in total. The van der Waals surface area contributed by atoms with Gasteiger partial charge in [0.15, 0.2) is 0 Å². The van der Waals surface area contributed by atoms with E-state index in [1.807, 2.05) is 6.08 Å². The Morgan fingerprint density at radius 2 is 1.33 bits per heavy atom. The molecule has 0 aliphatic carbocycles. The van der Waals surface area contributed by atoms with Crippen molar-refractivity contribution in [1.29, 1.82) is 0 Å². The minimum atomic E-state index is -0.991. The molecule has 0 rings (SSSR count). The van der Waals surface area contributed by atoms with Crippen LogP contribution in [0, 0.1) is 0 Å². The molecule has 0 amide bonds. The lowest BCUT2D eigenvalue weighted by Crippen LogP contribution is -2.20. The fraction of sp³-hybridized carbons (Fsp3) is 0.812. The molecule has 0 aromatic carbocycles. The van der Waals surface area contributed by atoms with Gasteiger partial charge in [-0.3, -0.25) is 0 Å². The van der Waals surface area contributed by atoms with Crippen LogP contribution < -0.4 is 5.11 Å². The molecule has 0 aliphatic rings. The van der Waals surface area contributed by atoms with Crippen LogP contribution in [0.4, 0.5) is 0 Å². The average molecular weight is 253 g/mol. The Balaban J connectivity index is 3.03. The second-order valence-electron chi connectivity index (χ2n) is 5.02. The van der Waals surface area contributed by atoms with E-state index in [1.54, 1.807) is 6.08 Å². The van der Waals surface area contributed by atoms with Crippen molar-refractivity contribution in [3.05, 3.63) is 12.2 Å². The molecule has 0 unspecified atom stereocenters. The lowest BCUT2D eigenvalue weighted by molar-refractivity contribution is -0.304. The smallest absolute Gasteiger partial charge is 0.0452 e. The molecule has 18 heavy (non-hydrogen) atoms. The van der Waals surface area contributed by atoms with E-state index in [4.69, 9.17) is 0 Å². The van der Waals surface area contributed by atoms with Crippen molar-refractivity contribution in [2.45, 2.75) is 84.0 Å². The van der Waals surface area contributed by atoms with Gasteiger partial charge in [0.05, 0.1) is 0 Å². The number of carbonyl (C=O) groups is 1. The van der Waals surface area contributed by atoms with Crippen LogP contribution in [-0.2, 0) is 4.79 Å². The first kappa shape index (κ1) is 17.2. The lowest BCUT2D eigenvalue weighted by Gasteiger charge is -2.01. The maximum atomic E-state index is 10.1. The van der Waals surface area contributed by atoms with Gasteiger partial charge in [0.1, 0.15) is 0 Å². The number of hydrogen-bond donors (Lipinski definition) is 0. The van der Waals surface area contributed by atoms with Gasteiger partial charge >= 0.3 is 0 Å². The molecular weight excluding hydrogens is 224 g/mol. The summed E-state index contributed by atoms with van der Waals surface area (Å²) in [5, 5.41) is 10.1. The maximum Gasteiger partial charge on any atom is 0.0452 e. The summed E-state index contributed by atoms with van der Waals surface area (Å²) in [6, 6.07) is 0. The molecule has 0 bridgehead atoms. The quantitative estimate of drug-likeness (QED) is 0.368. The van der Waals surface area contributed by atoms with Crippen molar-refractivity contribution in [2.75, 3.05) is 0 Å². The molecule has 0 aromatic heterocycles. The van der Waals surface area contributed by atoms with Gasteiger partial charge < -0.3 is 9.90 Å². The Labute approximate surface area is 112 Å². The van der Waals surface area contributed by atoms with E-state index in [2.05, 4.69) is 6.92 Å². The highest BCUT2D eigenvalue weighted by Gasteiger charge is 1.91. The van der Waals surface area contributed by atoms with Crippen molar-refractivity contribution in [2.24, 2.45) is 0 Å². The second-order valence-corrected chi connectivity index (χ2v) is 5.02. The lowest BCUT2D eigenvalue weighted by atomic mass is 10.1. The number of hydrogen-bond acceptors (Lipinski definition) is 2. The molecule has 2 heteroatoms. The second kappa shape index (κ2) is 14.3. The molecule has 0 fully saturated rings. The van der Waals surface area contributed by atoms with Crippen molar-refractivity contribution >= 4 is 5.97 Å². The van der Waals surface area contributed by atoms with Crippen LogP contribution in [0.5, 0.6) is 0 Å². The van der Waals surface area contributed by atoms with Gasteiger partial charge in [-0.15, -0.1) is 0 Å². The van der Waals surface area contributed by atoms with Crippen LogP contribution in [0.3, 0.4) is 0 Å². The molecule has 106 valence electrons. The third kappa shape index (κ3) is 15.2. The summed E-state index contributed by atoms with van der Waals surface area (Å²) in [6.07, 6.45) is 18.1. The van der Waals surface area contributed by atoms with E-state index in [1.165, 1.54) is 64.2 Å². The van der Waals surface area contributed by atoms with Gasteiger partial charge in [-0.1, -0.05) is 76.9 Å². The van der Waals surface area contributed by atoms with Crippen molar-refractivity contribution in [3.8, 4) is 0 Å². The Morgan fingerprint density at radius 3 is 1.83 bits per heavy atom. The highest BCUT2D eigenvalue weighted by molar-refractivity contribution is 5.66. The van der Waals surface area contributed by atoms with Crippen molar-refractivity contribution < 1.29 is 9.90 Å². The molecular formula is C16H29O2-. The van der Waals surface area contributed by atoms with Crippen molar-refractivity contribution in [3.63, 3.8) is 0 Å². The van der Waals surface area contributed by atoms with Gasteiger partial charge in [0.2, 0.25) is 0 Å². The monoisotopic (exact) mass is 253 g/mol. The first-order valence-electron chi connectivity index (χ1n) is 7.62. The SMILES string of the molecule is CCCCCCCCCCCC/C=C/CC(=O)[O-]. The summed E-state index contributed by atoms with van der Waals surface area (Å²) in [5.74, 6) is -0.991. The normalized spacial score (nSPS) is 11.2. The van der Waals surface area contributed by atoms with Gasteiger partial charge in [-0.25, -0.2) is 0 Å². The Bertz CT molecular complexity index is 209. The summed E-state index contributed by atoms with van der Waals surface area (Å²) in [6.45, 7) is 2.25. The Morgan fingerprint density at radius 1 is 0.833 bits per heavy atom. The van der Waals surface area contributed by atoms with Gasteiger partial charge in [0, 0.05) is 12.4 Å². The van der Waals surface area contributed by atoms with Crippen LogP contribution in [-0.4, -0.2) is 5.97 Å². The minimum Gasteiger partial charge on any atom is -0.550 e. The summed E-state index contributed by atoms with van der Waals surface area (Å²) < 4.78 is 0. The third-order valence-corrected chi connectivity index (χ3v) is 3.18. The highest BCUT2D eigenvalue weighted by Crippen LogP contribution is 2.11.